The molecule has 0 aliphatic rings. The summed E-state index contributed by atoms with van der Waals surface area (Å²) >= 11 is 5.89. The molecular formula is C22H23ClN4O5. The van der Waals surface area contributed by atoms with Gasteiger partial charge in [-0.3, -0.25) is 4.79 Å². The second-order valence-corrected chi connectivity index (χ2v) is 7.09. The molecule has 0 aliphatic carbocycles. The van der Waals surface area contributed by atoms with Crippen LogP contribution in [0.5, 0.6) is 23.0 Å². The van der Waals surface area contributed by atoms with Crippen LogP contribution in [0.25, 0.3) is 0 Å². The number of amides is 1. The van der Waals surface area contributed by atoms with E-state index in [2.05, 4.69) is 9.97 Å². The monoisotopic (exact) mass is 458 g/mol. The molecule has 168 valence electrons. The van der Waals surface area contributed by atoms with Crippen LogP contribution in [0, 0.1) is 0 Å². The van der Waals surface area contributed by atoms with Crippen molar-refractivity contribution in [2.24, 2.45) is 0 Å². The van der Waals surface area contributed by atoms with Crippen molar-refractivity contribution in [1.29, 1.82) is 0 Å². The van der Waals surface area contributed by atoms with Crippen LogP contribution in [0.3, 0.4) is 0 Å². The Labute approximate surface area is 190 Å². The lowest BCUT2D eigenvalue weighted by molar-refractivity contribution is -0.120. The van der Waals surface area contributed by atoms with Crippen LogP contribution in [0.15, 0.2) is 42.6 Å². The maximum atomic E-state index is 12.1. The number of nitrogens with zero attached hydrogens (tertiary/aromatic N) is 3. The Balaban J connectivity index is 1.87. The van der Waals surface area contributed by atoms with Gasteiger partial charge in [-0.05, 0) is 42.0 Å². The van der Waals surface area contributed by atoms with Gasteiger partial charge in [0.1, 0.15) is 5.82 Å². The molecule has 0 saturated heterocycles. The molecule has 32 heavy (non-hydrogen) atoms. The molecule has 10 heteroatoms. The Morgan fingerprint density at radius 1 is 1.06 bits per heavy atom. The number of nitrogens with two attached hydrogens (primary N) is 1. The Morgan fingerprint density at radius 2 is 1.69 bits per heavy atom. The molecule has 0 aliphatic heterocycles. The van der Waals surface area contributed by atoms with Crippen molar-refractivity contribution in [3.63, 3.8) is 0 Å². The van der Waals surface area contributed by atoms with Crippen molar-refractivity contribution >= 4 is 29.3 Å². The normalized spacial score (nSPS) is 10.4. The highest BCUT2D eigenvalue weighted by atomic mass is 35.5. The summed E-state index contributed by atoms with van der Waals surface area (Å²) in [5, 5.41) is 1.51. The van der Waals surface area contributed by atoms with Gasteiger partial charge in [0.2, 0.25) is 5.75 Å². The van der Waals surface area contributed by atoms with E-state index in [1.165, 1.54) is 14.0 Å². The number of carbonyl (C=O) groups is 1. The van der Waals surface area contributed by atoms with Gasteiger partial charge in [-0.1, -0.05) is 11.6 Å². The molecule has 9 nitrogen and oxygen atoms in total. The standard InChI is InChI=1S/C22H23ClN4O5/c1-13(28)27(32-17-7-5-16(23)6-8-17)22-25-12-15(21(24)26-22)9-14-10-18(29-2)20(31-4)19(11-14)30-3/h5-8,10-12H,9H2,1-4H3,(H2,24,25,26). The molecule has 0 fully saturated rings. The molecule has 0 bridgehead atoms. The second-order valence-electron chi connectivity index (χ2n) is 6.65. The SMILES string of the molecule is COc1cc(Cc2cnc(N(Oc3ccc(Cl)cc3)C(C)=O)nc2N)cc(OC)c1OC. The van der Waals surface area contributed by atoms with E-state index in [1.807, 2.05) is 12.1 Å². The average molecular weight is 459 g/mol. The van der Waals surface area contributed by atoms with Crippen LogP contribution in [-0.2, 0) is 11.2 Å². The fourth-order valence-corrected chi connectivity index (χ4v) is 3.07. The first-order valence-electron chi connectivity index (χ1n) is 9.50. The third kappa shape index (κ3) is 5.12. The molecule has 0 atom stereocenters. The number of halogens is 1. The lowest BCUT2D eigenvalue weighted by atomic mass is 10.1. The summed E-state index contributed by atoms with van der Waals surface area (Å²) in [7, 11) is 4.63. The van der Waals surface area contributed by atoms with Crippen LogP contribution in [0.4, 0.5) is 11.8 Å². The summed E-state index contributed by atoms with van der Waals surface area (Å²) in [6.07, 6.45) is 1.95. The summed E-state index contributed by atoms with van der Waals surface area (Å²) in [5.74, 6) is 1.74. The number of anilines is 2. The van der Waals surface area contributed by atoms with Gasteiger partial charge in [-0.25, -0.2) is 4.98 Å². The van der Waals surface area contributed by atoms with Crippen LogP contribution >= 0.6 is 11.6 Å². The summed E-state index contributed by atoms with van der Waals surface area (Å²) in [6, 6.07) is 10.2. The van der Waals surface area contributed by atoms with Crippen molar-refractivity contribution in [3.8, 4) is 23.0 Å². The highest BCUT2D eigenvalue weighted by molar-refractivity contribution is 6.30. The molecule has 0 spiro atoms. The first-order chi connectivity index (χ1) is 15.4. The van der Waals surface area contributed by atoms with Gasteiger partial charge in [0, 0.05) is 30.1 Å². The number of nitrogen functional groups attached to an aromatic ring is 1. The number of aromatic nitrogens is 2. The zero-order chi connectivity index (χ0) is 23.3. The maximum Gasteiger partial charge on any atom is 0.269 e. The van der Waals surface area contributed by atoms with Gasteiger partial charge in [0.05, 0.1) is 21.3 Å². The van der Waals surface area contributed by atoms with E-state index >= 15 is 0 Å². The number of ether oxygens (including phenoxy) is 3. The van der Waals surface area contributed by atoms with Gasteiger partial charge in [-0.15, -0.1) is 5.06 Å². The summed E-state index contributed by atoms with van der Waals surface area (Å²) < 4.78 is 16.1. The number of carbonyl (C=O) groups excluding carboxylic acids is 1. The zero-order valence-corrected chi connectivity index (χ0v) is 18.8. The Bertz CT molecular complexity index is 1080. The van der Waals surface area contributed by atoms with Crippen molar-refractivity contribution in [1.82, 2.24) is 9.97 Å². The third-order valence-electron chi connectivity index (χ3n) is 4.48. The molecule has 2 aromatic carbocycles. The van der Waals surface area contributed by atoms with Crippen molar-refractivity contribution in [2.75, 3.05) is 32.1 Å². The smallest absolute Gasteiger partial charge is 0.269 e. The third-order valence-corrected chi connectivity index (χ3v) is 4.73. The molecule has 1 amide bonds. The largest absolute Gasteiger partial charge is 0.493 e. The molecule has 0 saturated carbocycles. The van der Waals surface area contributed by atoms with Crippen molar-refractivity contribution in [3.05, 3.63) is 58.7 Å². The number of rotatable bonds is 8. The number of methoxy groups -OCH3 is 3. The van der Waals surface area contributed by atoms with E-state index in [0.29, 0.717) is 40.0 Å². The zero-order valence-electron chi connectivity index (χ0n) is 18.1. The van der Waals surface area contributed by atoms with Gasteiger partial charge in [0.25, 0.3) is 11.9 Å². The van der Waals surface area contributed by atoms with Crippen LogP contribution in [0.1, 0.15) is 18.1 Å². The van der Waals surface area contributed by atoms with E-state index in [-0.39, 0.29) is 11.8 Å². The quantitative estimate of drug-likeness (QED) is 0.509. The van der Waals surface area contributed by atoms with E-state index in [1.54, 1.807) is 44.7 Å². The Morgan fingerprint density at radius 3 is 2.19 bits per heavy atom. The topological polar surface area (TPSA) is 109 Å². The fourth-order valence-electron chi connectivity index (χ4n) is 2.95. The van der Waals surface area contributed by atoms with Crippen molar-refractivity contribution in [2.45, 2.75) is 13.3 Å². The number of hydroxylamine groups is 1. The summed E-state index contributed by atoms with van der Waals surface area (Å²) in [5.41, 5.74) is 7.67. The van der Waals surface area contributed by atoms with Crippen molar-refractivity contribution < 1.29 is 23.8 Å². The predicted octanol–water partition coefficient (Wildman–Crippen LogP) is 3.68. The highest BCUT2D eigenvalue weighted by Crippen LogP contribution is 2.39. The molecule has 3 rings (SSSR count). The molecule has 0 radical (unpaired) electrons. The van der Waals surface area contributed by atoms with Gasteiger partial charge in [-0.2, -0.15) is 4.98 Å². The molecule has 0 unspecified atom stereocenters. The predicted molar refractivity (Wildman–Crippen MR) is 121 cm³/mol. The minimum absolute atomic E-state index is 0.0126. The first kappa shape index (κ1) is 23.0. The van der Waals surface area contributed by atoms with Crippen LogP contribution < -0.4 is 29.8 Å². The summed E-state index contributed by atoms with van der Waals surface area (Å²) in [6.45, 7) is 1.33. The highest BCUT2D eigenvalue weighted by Gasteiger charge is 2.20. The first-order valence-corrected chi connectivity index (χ1v) is 9.88. The van der Waals surface area contributed by atoms with E-state index in [4.69, 9.17) is 36.4 Å². The van der Waals surface area contributed by atoms with E-state index < -0.39 is 5.91 Å². The van der Waals surface area contributed by atoms with Crippen LogP contribution in [0.2, 0.25) is 5.02 Å². The molecule has 2 N–H and O–H groups in total. The van der Waals surface area contributed by atoms with Crippen LogP contribution in [-0.4, -0.2) is 37.2 Å². The van der Waals surface area contributed by atoms with E-state index in [9.17, 15) is 4.79 Å². The van der Waals surface area contributed by atoms with E-state index in [0.717, 1.165) is 10.6 Å². The van der Waals surface area contributed by atoms with Gasteiger partial charge < -0.3 is 24.8 Å². The maximum absolute atomic E-state index is 12.1. The average Bonchev–Trinajstić information content (AvgIpc) is 2.79. The fraction of sp³-hybridized carbons (Fsp3) is 0.227. The summed E-state index contributed by atoms with van der Waals surface area (Å²) in [4.78, 5) is 26.3. The second kappa shape index (κ2) is 10.1. The Kier molecular flexibility index (Phi) is 7.21. The lowest BCUT2D eigenvalue weighted by Crippen LogP contribution is -2.34. The molecular weight excluding hydrogens is 436 g/mol. The minimum atomic E-state index is -0.420. The molecule has 1 heterocycles. The number of hydrogen-bond donors (Lipinski definition) is 1. The van der Waals surface area contributed by atoms with Gasteiger partial charge >= 0.3 is 0 Å². The molecule has 1 aromatic heterocycles. The molecule has 3 aromatic rings. The van der Waals surface area contributed by atoms with Gasteiger partial charge in [0.15, 0.2) is 17.2 Å². The minimum Gasteiger partial charge on any atom is -0.493 e. The lowest BCUT2D eigenvalue weighted by Gasteiger charge is -2.19. The Hall–Kier alpha value is -3.72. The number of benzene rings is 2. The number of hydrogen-bond acceptors (Lipinski definition) is 8.